The molecule has 0 bridgehead atoms. The number of likely N-dealkylation sites (N-methyl/N-ethyl adjacent to an activating group) is 1. The topological polar surface area (TPSA) is 36.7 Å². The molecule has 3 heterocycles. The van der Waals surface area contributed by atoms with Crippen molar-refractivity contribution in [1.29, 1.82) is 0 Å². The monoisotopic (exact) mass is 311 g/mol. The number of halogens is 1. The number of hydrogen-bond acceptors (Lipinski definition) is 4. The van der Waals surface area contributed by atoms with Crippen molar-refractivity contribution >= 4 is 11.5 Å². The number of hydrogen-bond donors (Lipinski definition) is 0. The molecular formula is C17H18FN5. The summed E-state index contributed by atoms with van der Waals surface area (Å²) in [5.41, 5.74) is 2.40. The molecule has 6 heteroatoms. The molecule has 1 fully saturated rings. The Morgan fingerprint density at radius 1 is 1.09 bits per heavy atom. The standard InChI is InChI=1S/C17H18FN5/c1-21-7-9-22(10-8-21)16-5-6-19-17-15(12-20-23(16)17)13-3-2-4-14(18)11-13/h2-6,11-12H,7-10H2,1H3. The predicted octanol–water partition coefficient (Wildman–Crippen LogP) is 2.29. The zero-order valence-corrected chi connectivity index (χ0v) is 13.0. The molecule has 0 atom stereocenters. The fourth-order valence-electron chi connectivity index (χ4n) is 3.01. The number of aromatic nitrogens is 3. The number of rotatable bonds is 2. The van der Waals surface area contributed by atoms with E-state index < -0.39 is 0 Å². The molecule has 1 aliphatic heterocycles. The first kappa shape index (κ1) is 14.1. The number of benzene rings is 1. The molecule has 1 aromatic carbocycles. The smallest absolute Gasteiger partial charge is 0.165 e. The van der Waals surface area contributed by atoms with Crippen molar-refractivity contribution in [3.05, 3.63) is 48.5 Å². The van der Waals surface area contributed by atoms with Gasteiger partial charge >= 0.3 is 0 Å². The Morgan fingerprint density at radius 2 is 1.91 bits per heavy atom. The SMILES string of the molecule is CN1CCN(c2ccnc3c(-c4cccc(F)c4)cnn23)CC1. The maximum Gasteiger partial charge on any atom is 0.165 e. The molecule has 0 N–H and O–H groups in total. The summed E-state index contributed by atoms with van der Waals surface area (Å²) in [5, 5.41) is 4.50. The van der Waals surface area contributed by atoms with Gasteiger partial charge in [-0.25, -0.2) is 9.37 Å². The fraction of sp³-hybridized carbons (Fsp3) is 0.294. The van der Waals surface area contributed by atoms with Crippen LogP contribution < -0.4 is 4.90 Å². The summed E-state index contributed by atoms with van der Waals surface area (Å²) >= 11 is 0. The minimum Gasteiger partial charge on any atom is -0.354 e. The van der Waals surface area contributed by atoms with E-state index in [1.807, 2.05) is 16.6 Å². The summed E-state index contributed by atoms with van der Waals surface area (Å²) in [5.74, 6) is 0.780. The Labute approximate surface area is 134 Å². The zero-order valence-electron chi connectivity index (χ0n) is 13.0. The Morgan fingerprint density at radius 3 is 2.70 bits per heavy atom. The summed E-state index contributed by atoms with van der Waals surface area (Å²) in [6.45, 7) is 3.99. The minimum absolute atomic E-state index is 0.253. The second-order valence-corrected chi connectivity index (χ2v) is 5.90. The number of anilines is 1. The fourth-order valence-corrected chi connectivity index (χ4v) is 3.01. The maximum absolute atomic E-state index is 13.5. The summed E-state index contributed by atoms with van der Waals surface area (Å²) in [7, 11) is 2.13. The van der Waals surface area contributed by atoms with Crippen molar-refractivity contribution < 1.29 is 4.39 Å². The molecule has 0 spiro atoms. The van der Waals surface area contributed by atoms with E-state index in [1.54, 1.807) is 18.5 Å². The summed E-state index contributed by atoms with van der Waals surface area (Å²) < 4.78 is 15.4. The van der Waals surface area contributed by atoms with E-state index in [4.69, 9.17) is 0 Å². The third-order valence-corrected chi connectivity index (χ3v) is 4.34. The van der Waals surface area contributed by atoms with Gasteiger partial charge in [-0.3, -0.25) is 0 Å². The van der Waals surface area contributed by atoms with E-state index in [-0.39, 0.29) is 5.82 Å². The third-order valence-electron chi connectivity index (χ3n) is 4.34. The van der Waals surface area contributed by atoms with Crippen LogP contribution in [0.25, 0.3) is 16.8 Å². The van der Waals surface area contributed by atoms with Crippen LogP contribution in [0.5, 0.6) is 0 Å². The van der Waals surface area contributed by atoms with Gasteiger partial charge in [-0.15, -0.1) is 0 Å². The molecule has 1 saturated heterocycles. The van der Waals surface area contributed by atoms with Gasteiger partial charge in [-0.05, 0) is 30.8 Å². The van der Waals surface area contributed by atoms with Crippen LogP contribution in [0, 0.1) is 5.82 Å². The Hall–Kier alpha value is -2.47. The highest BCUT2D eigenvalue weighted by Crippen LogP contribution is 2.26. The highest BCUT2D eigenvalue weighted by Gasteiger charge is 2.18. The minimum atomic E-state index is -0.253. The molecule has 2 aromatic heterocycles. The molecule has 0 unspecified atom stereocenters. The normalized spacial score (nSPS) is 16.2. The first-order valence-corrected chi connectivity index (χ1v) is 7.74. The van der Waals surface area contributed by atoms with Gasteiger partial charge in [0, 0.05) is 37.9 Å². The average Bonchev–Trinajstić information content (AvgIpc) is 3.00. The van der Waals surface area contributed by atoms with Gasteiger partial charge < -0.3 is 9.80 Å². The Balaban J connectivity index is 1.78. The van der Waals surface area contributed by atoms with Crippen molar-refractivity contribution in [3.63, 3.8) is 0 Å². The summed E-state index contributed by atoms with van der Waals surface area (Å²) in [6, 6.07) is 8.53. The predicted molar refractivity (Wildman–Crippen MR) is 88.1 cm³/mol. The number of piperazine rings is 1. The molecule has 3 aromatic rings. The van der Waals surface area contributed by atoms with Gasteiger partial charge in [-0.1, -0.05) is 12.1 Å². The van der Waals surface area contributed by atoms with Crippen LogP contribution in [0.3, 0.4) is 0 Å². The van der Waals surface area contributed by atoms with Gasteiger partial charge in [0.15, 0.2) is 5.65 Å². The molecule has 118 valence electrons. The first-order chi connectivity index (χ1) is 11.2. The Kier molecular flexibility index (Phi) is 3.46. The van der Waals surface area contributed by atoms with Gasteiger partial charge in [0.25, 0.3) is 0 Å². The molecule has 23 heavy (non-hydrogen) atoms. The van der Waals surface area contributed by atoms with Gasteiger partial charge in [-0.2, -0.15) is 9.61 Å². The quantitative estimate of drug-likeness (QED) is 0.727. The Bertz CT molecular complexity index is 836. The van der Waals surface area contributed by atoms with Crippen LogP contribution >= 0.6 is 0 Å². The van der Waals surface area contributed by atoms with Gasteiger partial charge in [0.2, 0.25) is 0 Å². The zero-order chi connectivity index (χ0) is 15.8. The van der Waals surface area contributed by atoms with E-state index in [1.165, 1.54) is 12.1 Å². The van der Waals surface area contributed by atoms with E-state index in [2.05, 4.69) is 26.9 Å². The van der Waals surface area contributed by atoms with Crippen molar-refractivity contribution in [1.82, 2.24) is 19.5 Å². The van der Waals surface area contributed by atoms with E-state index in [9.17, 15) is 4.39 Å². The molecule has 1 aliphatic rings. The number of nitrogens with zero attached hydrogens (tertiary/aromatic N) is 5. The molecule has 4 rings (SSSR count). The van der Waals surface area contributed by atoms with Crippen LogP contribution in [0.2, 0.25) is 0 Å². The molecule has 0 radical (unpaired) electrons. The van der Waals surface area contributed by atoms with Crippen molar-refractivity contribution in [2.24, 2.45) is 0 Å². The summed E-state index contributed by atoms with van der Waals surface area (Å²) in [4.78, 5) is 9.09. The lowest BCUT2D eigenvalue weighted by Gasteiger charge is -2.33. The average molecular weight is 311 g/mol. The van der Waals surface area contributed by atoms with Gasteiger partial charge in [0.05, 0.1) is 6.20 Å². The highest BCUT2D eigenvalue weighted by atomic mass is 19.1. The lowest BCUT2D eigenvalue weighted by atomic mass is 10.1. The van der Waals surface area contributed by atoms with Crippen LogP contribution in [-0.4, -0.2) is 52.7 Å². The highest BCUT2D eigenvalue weighted by molar-refractivity contribution is 5.78. The molecule has 0 saturated carbocycles. The maximum atomic E-state index is 13.5. The van der Waals surface area contributed by atoms with Crippen LogP contribution in [-0.2, 0) is 0 Å². The largest absolute Gasteiger partial charge is 0.354 e. The van der Waals surface area contributed by atoms with Gasteiger partial charge in [0.1, 0.15) is 11.6 Å². The summed E-state index contributed by atoms with van der Waals surface area (Å²) in [6.07, 6.45) is 3.56. The van der Waals surface area contributed by atoms with Crippen LogP contribution in [0.15, 0.2) is 42.7 Å². The lowest BCUT2D eigenvalue weighted by molar-refractivity contribution is 0.311. The van der Waals surface area contributed by atoms with Crippen molar-refractivity contribution in [2.45, 2.75) is 0 Å². The molecule has 0 aliphatic carbocycles. The van der Waals surface area contributed by atoms with Crippen molar-refractivity contribution in [3.8, 4) is 11.1 Å². The van der Waals surface area contributed by atoms with E-state index in [0.717, 1.165) is 48.8 Å². The first-order valence-electron chi connectivity index (χ1n) is 7.74. The third kappa shape index (κ3) is 2.55. The lowest BCUT2D eigenvalue weighted by Crippen LogP contribution is -2.45. The molecular weight excluding hydrogens is 293 g/mol. The molecule has 0 amide bonds. The second kappa shape index (κ2) is 5.62. The van der Waals surface area contributed by atoms with Crippen LogP contribution in [0.4, 0.5) is 10.2 Å². The molecule has 5 nitrogen and oxygen atoms in total. The second-order valence-electron chi connectivity index (χ2n) is 5.90. The van der Waals surface area contributed by atoms with Crippen LogP contribution in [0.1, 0.15) is 0 Å². The van der Waals surface area contributed by atoms with E-state index in [0.29, 0.717) is 0 Å². The number of fused-ring (bicyclic) bond motifs is 1. The van der Waals surface area contributed by atoms with E-state index >= 15 is 0 Å². The van der Waals surface area contributed by atoms with Crippen molar-refractivity contribution in [2.75, 3.05) is 38.1 Å².